The van der Waals surface area contributed by atoms with Gasteiger partial charge >= 0.3 is 12.0 Å². The predicted octanol–water partition coefficient (Wildman–Crippen LogP) is 1.79. The number of ether oxygens (including phenoxy) is 1. The average Bonchev–Trinajstić information content (AvgIpc) is 3.06. The second-order valence-electron chi connectivity index (χ2n) is 6.18. The number of amides is 2. The zero-order valence-corrected chi connectivity index (χ0v) is 13.0. The number of carboxylic acid groups (broad SMARTS) is 1. The molecule has 2 atom stereocenters. The lowest BCUT2D eigenvalue weighted by Crippen LogP contribution is -2.56. The van der Waals surface area contributed by atoms with Crippen molar-refractivity contribution in [2.24, 2.45) is 5.92 Å². The van der Waals surface area contributed by atoms with Crippen LogP contribution in [0.4, 0.5) is 4.79 Å². The molecule has 2 amide bonds. The molecule has 2 aliphatic rings. The van der Waals surface area contributed by atoms with E-state index >= 15 is 0 Å². The Morgan fingerprint density at radius 2 is 2.14 bits per heavy atom. The van der Waals surface area contributed by atoms with Crippen molar-refractivity contribution in [3.8, 4) is 0 Å². The highest BCUT2D eigenvalue weighted by Crippen LogP contribution is 2.35. The van der Waals surface area contributed by atoms with E-state index in [1.807, 2.05) is 6.92 Å². The van der Waals surface area contributed by atoms with E-state index in [0.717, 1.165) is 19.3 Å². The van der Waals surface area contributed by atoms with Crippen molar-refractivity contribution in [3.63, 3.8) is 0 Å². The minimum atomic E-state index is -0.995. The lowest BCUT2D eigenvalue weighted by atomic mass is 9.91. The summed E-state index contributed by atoms with van der Waals surface area (Å²) in [7, 11) is 1.67. The smallest absolute Gasteiger partial charge is 0.329 e. The molecule has 6 nitrogen and oxygen atoms in total. The van der Waals surface area contributed by atoms with Gasteiger partial charge in [0, 0.05) is 32.7 Å². The van der Waals surface area contributed by atoms with Gasteiger partial charge in [0.15, 0.2) is 0 Å². The maximum Gasteiger partial charge on any atom is 0.329 e. The summed E-state index contributed by atoms with van der Waals surface area (Å²) >= 11 is 0. The van der Waals surface area contributed by atoms with E-state index in [9.17, 15) is 14.7 Å². The van der Waals surface area contributed by atoms with Crippen LogP contribution in [0.5, 0.6) is 0 Å². The quantitative estimate of drug-likeness (QED) is 0.840. The van der Waals surface area contributed by atoms with E-state index in [4.69, 9.17) is 4.74 Å². The molecule has 0 aliphatic carbocycles. The van der Waals surface area contributed by atoms with Gasteiger partial charge < -0.3 is 19.6 Å². The number of carbonyl (C=O) groups is 2. The van der Waals surface area contributed by atoms with Gasteiger partial charge in [0.1, 0.15) is 5.54 Å². The number of carbonyl (C=O) groups excluding carboxylic acids is 1. The molecule has 2 unspecified atom stereocenters. The third-order valence-corrected chi connectivity index (χ3v) is 4.74. The van der Waals surface area contributed by atoms with Gasteiger partial charge in [-0.15, -0.1) is 0 Å². The number of aliphatic carboxylic acids is 1. The predicted molar refractivity (Wildman–Crippen MR) is 78.2 cm³/mol. The number of carboxylic acids is 1. The molecule has 0 saturated carbocycles. The topological polar surface area (TPSA) is 70.1 Å². The second-order valence-corrected chi connectivity index (χ2v) is 6.18. The summed E-state index contributed by atoms with van der Waals surface area (Å²) in [5.41, 5.74) is -0.995. The fourth-order valence-electron chi connectivity index (χ4n) is 3.71. The summed E-state index contributed by atoms with van der Waals surface area (Å²) < 4.78 is 5.15. The Bertz CT molecular complexity index is 401. The molecule has 2 heterocycles. The van der Waals surface area contributed by atoms with Crippen molar-refractivity contribution >= 4 is 12.0 Å². The van der Waals surface area contributed by atoms with Crippen LogP contribution < -0.4 is 0 Å². The summed E-state index contributed by atoms with van der Waals surface area (Å²) in [6, 6.07) is -0.109. The van der Waals surface area contributed by atoms with Crippen LogP contribution in [0.15, 0.2) is 0 Å². The van der Waals surface area contributed by atoms with Gasteiger partial charge in [-0.3, -0.25) is 0 Å². The molecule has 0 spiro atoms. The van der Waals surface area contributed by atoms with Gasteiger partial charge in [0.2, 0.25) is 0 Å². The number of hydrogen-bond acceptors (Lipinski definition) is 3. The molecule has 1 N–H and O–H groups in total. The van der Waals surface area contributed by atoms with Crippen molar-refractivity contribution in [2.45, 2.75) is 44.6 Å². The molecule has 0 aromatic carbocycles. The molecule has 0 aromatic heterocycles. The Morgan fingerprint density at radius 1 is 1.38 bits per heavy atom. The highest BCUT2D eigenvalue weighted by Gasteiger charge is 2.50. The van der Waals surface area contributed by atoms with Crippen LogP contribution >= 0.6 is 0 Å². The fourth-order valence-corrected chi connectivity index (χ4v) is 3.71. The highest BCUT2D eigenvalue weighted by molar-refractivity contribution is 5.87. The lowest BCUT2D eigenvalue weighted by Gasteiger charge is -2.37. The van der Waals surface area contributed by atoms with Crippen LogP contribution in [0.1, 0.15) is 39.0 Å². The van der Waals surface area contributed by atoms with E-state index in [-0.39, 0.29) is 6.03 Å². The maximum atomic E-state index is 12.7. The van der Waals surface area contributed by atoms with E-state index in [2.05, 4.69) is 0 Å². The van der Waals surface area contributed by atoms with Crippen LogP contribution in [-0.2, 0) is 9.53 Å². The molecule has 2 saturated heterocycles. The standard InChI is InChI=1S/C15H26N2O4/c1-3-6-15(13(18)19)7-4-8-17(15)14(20)16-9-5-12(10-16)11-21-2/h12H,3-11H2,1-2H3,(H,18,19). The summed E-state index contributed by atoms with van der Waals surface area (Å²) in [6.45, 7) is 4.55. The van der Waals surface area contributed by atoms with Gasteiger partial charge in [0.05, 0.1) is 6.61 Å². The van der Waals surface area contributed by atoms with Crippen LogP contribution in [-0.4, -0.2) is 65.8 Å². The molecular formula is C15H26N2O4. The van der Waals surface area contributed by atoms with E-state index in [1.165, 1.54) is 0 Å². The highest BCUT2D eigenvalue weighted by atomic mass is 16.5. The van der Waals surface area contributed by atoms with E-state index in [1.54, 1.807) is 16.9 Å². The minimum Gasteiger partial charge on any atom is -0.479 e. The zero-order chi connectivity index (χ0) is 15.5. The monoisotopic (exact) mass is 298 g/mol. The van der Waals surface area contributed by atoms with E-state index in [0.29, 0.717) is 45.0 Å². The molecule has 2 rings (SSSR count). The third-order valence-electron chi connectivity index (χ3n) is 4.74. The Morgan fingerprint density at radius 3 is 2.76 bits per heavy atom. The van der Waals surface area contributed by atoms with Crippen LogP contribution in [0.25, 0.3) is 0 Å². The van der Waals surface area contributed by atoms with Gasteiger partial charge in [0.25, 0.3) is 0 Å². The first-order valence-corrected chi connectivity index (χ1v) is 7.84. The first-order valence-electron chi connectivity index (χ1n) is 7.84. The van der Waals surface area contributed by atoms with Crippen molar-refractivity contribution in [3.05, 3.63) is 0 Å². The summed E-state index contributed by atoms with van der Waals surface area (Å²) in [5.74, 6) is -0.491. The fraction of sp³-hybridized carbons (Fsp3) is 0.867. The number of hydrogen-bond donors (Lipinski definition) is 1. The molecule has 0 aromatic rings. The molecule has 21 heavy (non-hydrogen) atoms. The zero-order valence-electron chi connectivity index (χ0n) is 13.0. The number of likely N-dealkylation sites (tertiary alicyclic amines) is 2. The van der Waals surface area contributed by atoms with Crippen molar-refractivity contribution < 1.29 is 19.4 Å². The van der Waals surface area contributed by atoms with Crippen LogP contribution in [0, 0.1) is 5.92 Å². The Balaban J connectivity index is 2.09. The first-order chi connectivity index (χ1) is 10.0. The van der Waals surface area contributed by atoms with Crippen LogP contribution in [0.2, 0.25) is 0 Å². The second kappa shape index (κ2) is 6.64. The molecule has 2 fully saturated rings. The Kier molecular flexibility index (Phi) is 5.08. The van der Waals surface area contributed by atoms with Gasteiger partial charge in [-0.25, -0.2) is 9.59 Å². The number of methoxy groups -OCH3 is 1. The molecule has 2 aliphatic heterocycles. The van der Waals surface area contributed by atoms with Gasteiger partial charge in [-0.05, 0) is 25.7 Å². The number of nitrogens with zero attached hydrogens (tertiary/aromatic N) is 2. The normalized spacial score (nSPS) is 29.1. The van der Waals surface area contributed by atoms with Crippen molar-refractivity contribution in [2.75, 3.05) is 33.4 Å². The molecule has 0 bridgehead atoms. The Labute approximate surface area is 126 Å². The first kappa shape index (κ1) is 16.1. The van der Waals surface area contributed by atoms with Crippen molar-refractivity contribution in [1.29, 1.82) is 0 Å². The maximum absolute atomic E-state index is 12.7. The largest absolute Gasteiger partial charge is 0.479 e. The minimum absolute atomic E-state index is 0.109. The van der Waals surface area contributed by atoms with Crippen LogP contribution in [0.3, 0.4) is 0 Å². The summed E-state index contributed by atoms with van der Waals surface area (Å²) in [4.78, 5) is 27.9. The Hall–Kier alpha value is -1.30. The van der Waals surface area contributed by atoms with E-state index < -0.39 is 11.5 Å². The number of urea groups is 1. The summed E-state index contributed by atoms with van der Waals surface area (Å²) in [5, 5.41) is 9.66. The molecule has 120 valence electrons. The molecule has 0 radical (unpaired) electrons. The van der Waals surface area contributed by atoms with Gasteiger partial charge in [-0.1, -0.05) is 13.3 Å². The average molecular weight is 298 g/mol. The lowest BCUT2D eigenvalue weighted by molar-refractivity contribution is -0.148. The van der Waals surface area contributed by atoms with Crippen molar-refractivity contribution in [1.82, 2.24) is 9.80 Å². The molecule has 6 heteroatoms. The third kappa shape index (κ3) is 3.00. The summed E-state index contributed by atoms with van der Waals surface area (Å²) in [6.07, 6.45) is 3.57. The number of rotatable bonds is 5. The SMILES string of the molecule is CCCC1(C(=O)O)CCCN1C(=O)N1CCC(COC)C1. The van der Waals surface area contributed by atoms with Gasteiger partial charge in [-0.2, -0.15) is 0 Å². The molecular weight excluding hydrogens is 272 g/mol.